The summed E-state index contributed by atoms with van der Waals surface area (Å²) in [5.74, 6) is 0.190. The average molecular weight is 468 g/mol. The zero-order chi connectivity index (χ0) is 23.0. The molecular weight excluding hydrogens is 438 g/mol. The molecule has 33 heavy (non-hydrogen) atoms. The number of sulfonamides is 1. The summed E-state index contributed by atoms with van der Waals surface area (Å²) in [6.45, 7) is 5.24. The number of hydrogen-bond acceptors (Lipinski definition) is 6. The van der Waals surface area contributed by atoms with Crippen LogP contribution in [0.1, 0.15) is 18.4 Å². The van der Waals surface area contributed by atoms with E-state index in [1.54, 1.807) is 18.2 Å². The van der Waals surface area contributed by atoms with Crippen LogP contribution in [0, 0.1) is 5.92 Å². The minimum absolute atomic E-state index is 0.0400. The first kappa shape index (κ1) is 21.9. The summed E-state index contributed by atoms with van der Waals surface area (Å²) in [6, 6.07) is 14.9. The standard InChI is InChI=1S/C24H29N5O3S/c1-27-13-15-28(16-14-27)20-10-8-19(9-11-20)25-24(30)18-5-4-12-29(17-18)23-21-6-2-3-7-22(21)33(31,32)26-23/h2-3,6-11,18H,4-5,12-17H2,1H3,(H,25,30)/t18-/m1/s1. The van der Waals surface area contributed by atoms with Gasteiger partial charge in [0.1, 0.15) is 4.90 Å². The van der Waals surface area contributed by atoms with Crippen molar-refractivity contribution >= 4 is 33.1 Å². The maximum absolute atomic E-state index is 13.0. The van der Waals surface area contributed by atoms with Crippen molar-refractivity contribution in [1.82, 2.24) is 9.80 Å². The first-order valence-electron chi connectivity index (χ1n) is 11.4. The van der Waals surface area contributed by atoms with Crippen LogP contribution in [0.25, 0.3) is 0 Å². The van der Waals surface area contributed by atoms with E-state index in [1.165, 1.54) is 5.69 Å². The second-order valence-corrected chi connectivity index (χ2v) is 10.6. The second kappa shape index (κ2) is 8.79. The molecule has 174 valence electrons. The van der Waals surface area contributed by atoms with Gasteiger partial charge in [0.25, 0.3) is 10.0 Å². The van der Waals surface area contributed by atoms with Gasteiger partial charge in [-0.25, -0.2) is 0 Å². The van der Waals surface area contributed by atoms with E-state index in [2.05, 4.69) is 38.7 Å². The van der Waals surface area contributed by atoms with E-state index in [4.69, 9.17) is 0 Å². The lowest BCUT2D eigenvalue weighted by molar-refractivity contribution is -0.121. The van der Waals surface area contributed by atoms with Crippen molar-refractivity contribution in [3.63, 3.8) is 0 Å². The Balaban J connectivity index is 1.24. The number of carbonyl (C=O) groups is 1. The number of piperidine rings is 1. The van der Waals surface area contributed by atoms with E-state index < -0.39 is 10.0 Å². The maximum atomic E-state index is 13.0. The minimum atomic E-state index is -3.67. The summed E-state index contributed by atoms with van der Waals surface area (Å²) in [7, 11) is -1.53. The third kappa shape index (κ3) is 4.47. The van der Waals surface area contributed by atoms with Gasteiger partial charge in [-0.15, -0.1) is 4.40 Å². The highest BCUT2D eigenvalue weighted by Crippen LogP contribution is 2.30. The van der Waals surface area contributed by atoms with Gasteiger partial charge in [-0.2, -0.15) is 8.42 Å². The summed E-state index contributed by atoms with van der Waals surface area (Å²) in [5, 5.41) is 3.04. The molecule has 0 radical (unpaired) electrons. The number of amides is 1. The van der Waals surface area contributed by atoms with Crippen LogP contribution in [0.2, 0.25) is 0 Å². The number of likely N-dealkylation sites (tertiary alicyclic amines) is 1. The van der Waals surface area contributed by atoms with Gasteiger partial charge in [0.05, 0.1) is 5.92 Å². The number of carbonyl (C=O) groups excluding carboxylic acids is 1. The molecule has 0 bridgehead atoms. The normalized spacial score (nSPS) is 22.6. The molecule has 1 N–H and O–H groups in total. The van der Waals surface area contributed by atoms with E-state index in [-0.39, 0.29) is 16.7 Å². The van der Waals surface area contributed by atoms with E-state index >= 15 is 0 Å². The summed E-state index contributed by atoms with van der Waals surface area (Å²) < 4.78 is 28.9. The van der Waals surface area contributed by atoms with Gasteiger partial charge < -0.3 is 20.0 Å². The first-order valence-corrected chi connectivity index (χ1v) is 12.9. The predicted molar refractivity (Wildman–Crippen MR) is 129 cm³/mol. The zero-order valence-corrected chi connectivity index (χ0v) is 19.6. The molecule has 0 unspecified atom stereocenters. The fourth-order valence-electron chi connectivity index (χ4n) is 4.76. The van der Waals surface area contributed by atoms with Crippen LogP contribution in [0.15, 0.2) is 57.8 Å². The van der Waals surface area contributed by atoms with Crippen molar-refractivity contribution in [2.24, 2.45) is 10.3 Å². The number of piperazine rings is 1. The van der Waals surface area contributed by atoms with Crippen molar-refractivity contribution in [1.29, 1.82) is 0 Å². The molecule has 2 fully saturated rings. The van der Waals surface area contributed by atoms with Crippen LogP contribution in [0.3, 0.4) is 0 Å². The van der Waals surface area contributed by atoms with E-state index in [9.17, 15) is 13.2 Å². The SMILES string of the molecule is CN1CCN(c2ccc(NC(=O)[C@@H]3CCCN(C4=NS(=O)(=O)c5ccccc54)C3)cc2)CC1. The fourth-order valence-corrected chi connectivity index (χ4v) is 5.99. The number of benzene rings is 2. The zero-order valence-electron chi connectivity index (χ0n) is 18.8. The van der Waals surface area contributed by atoms with Crippen LogP contribution in [-0.4, -0.2) is 76.3 Å². The maximum Gasteiger partial charge on any atom is 0.285 e. The van der Waals surface area contributed by atoms with E-state index in [0.29, 0.717) is 24.5 Å². The van der Waals surface area contributed by atoms with E-state index in [0.717, 1.165) is 44.7 Å². The van der Waals surface area contributed by atoms with Crippen LogP contribution >= 0.6 is 0 Å². The van der Waals surface area contributed by atoms with Crippen LogP contribution in [0.4, 0.5) is 11.4 Å². The molecule has 3 aliphatic heterocycles. The molecule has 8 nitrogen and oxygen atoms in total. The topological polar surface area (TPSA) is 85.3 Å². The molecule has 9 heteroatoms. The van der Waals surface area contributed by atoms with Gasteiger partial charge in [0, 0.05) is 56.2 Å². The largest absolute Gasteiger partial charge is 0.369 e. The third-order valence-corrected chi connectivity index (χ3v) is 8.03. The van der Waals surface area contributed by atoms with Gasteiger partial charge in [0.15, 0.2) is 5.84 Å². The molecular formula is C24H29N5O3S. The van der Waals surface area contributed by atoms with Gasteiger partial charge in [-0.05, 0) is 56.3 Å². The number of fused-ring (bicyclic) bond motifs is 1. The molecule has 1 amide bonds. The Bertz CT molecular complexity index is 1170. The number of nitrogens with one attached hydrogen (secondary N) is 1. The van der Waals surface area contributed by atoms with E-state index in [1.807, 2.05) is 23.1 Å². The van der Waals surface area contributed by atoms with Crippen molar-refractivity contribution in [3.05, 3.63) is 54.1 Å². The monoisotopic (exact) mass is 467 g/mol. The highest BCUT2D eigenvalue weighted by Gasteiger charge is 2.35. The molecule has 2 aromatic rings. The molecule has 3 heterocycles. The second-order valence-electron chi connectivity index (χ2n) is 9.00. The van der Waals surface area contributed by atoms with Crippen molar-refractivity contribution < 1.29 is 13.2 Å². The summed E-state index contributed by atoms with van der Waals surface area (Å²) >= 11 is 0. The average Bonchev–Trinajstić information content (AvgIpc) is 3.11. The molecule has 0 aromatic heterocycles. The quantitative estimate of drug-likeness (QED) is 0.745. The molecule has 0 spiro atoms. The Labute approximate surface area is 194 Å². The minimum Gasteiger partial charge on any atom is -0.369 e. The van der Waals surface area contributed by atoms with Crippen LogP contribution in [0.5, 0.6) is 0 Å². The lowest BCUT2D eigenvalue weighted by Gasteiger charge is -2.34. The van der Waals surface area contributed by atoms with Gasteiger partial charge >= 0.3 is 0 Å². The van der Waals surface area contributed by atoms with Crippen molar-refractivity contribution in [2.75, 3.05) is 56.5 Å². The van der Waals surface area contributed by atoms with Gasteiger partial charge in [0.2, 0.25) is 5.91 Å². The predicted octanol–water partition coefficient (Wildman–Crippen LogP) is 2.24. The summed E-state index contributed by atoms with van der Waals surface area (Å²) in [4.78, 5) is 19.9. The van der Waals surface area contributed by atoms with Crippen LogP contribution < -0.4 is 10.2 Å². The lowest BCUT2D eigenvalue weighted by atomic mass is 9.96. The lowest BCUT2D eigenvalue weighted by Crippen LogP contribution is -2.44. The highest BCUT2D eigenvalue weighted by molar-refractivity contribution is 7.90. The smallest absolute Gasteiger partial charge is 0.285 e. The third-order valence-electron chi connectivity index (χ3n) is 6.71. The number of anilines is 2. The summed E-state index contributed by atoms with van der Waals surface area (Å²) in [5.41, 5.74) is 2.57. The molecule has 2 aromatic carbocycles. The molecule has 3 aliphatic rings. The highest BCUT2D eigenvalue weighted by atomic mass is 32.2. The van der Waals surface area contributed by atoms with Gasteiger partial charge in [-0.1, -0.05) is 12.1 Å². The molecule has 2 saturated heterocycles. The number of amidine groups is 1. The molecule has 0 aliphatic carbocycles. The Morgan fingerprint density at radius 3 is 2.45 bits per heavy atom. The summed E-state index contributed by atoms with van der Waals surface area (Å²) in [6.07, 6.45) is 1.57. The molecule has 0 saturated carbocycles. The Morgan fingerprint density at radius 1 is 0.970 bits per heavy atom. The Morgan fingerprint density at radius 2 is 1.70 bits per heavy atom. The first-order chi connectivity index (χ1) is 15.9. The Hall–Kier alpha value is -2.91. The fraction of sp³-hybridized carbons (Fsp3) is 0.417. The number of rotatable bonds is 3. The van der Waals surface area contributed by atoms with Crippen molar-refractivity contribution in [2.45, 2.75) is 17.7 Å². The number of hydrogen-bond donors (Lipinski definition) is 1. The van der Waals surface area contributed by atoms with Gasteiger partial charge in [-0.3, -0.25) is 4.79 Å². The van der Waals surface area contributed by atoms with Crippen LogP contribution in [-0.2, 0) is 14.8 Å². The molecule has 5 rings (SSSR count). The Kier molecular flexibility index (Phi) is 5.84. The molecule has 1 atom stereocenters. The van der Waals surface area contributed by atoms with Crippen molar-refractivity contribution in [3.8, 4) is 0 Å². The number of nitrogens with zero attached hydrogens (tertiary/aromatic N) is 4. The number of likely N-dealkylation sites (N-methyl/N-ethyl adjacent to an activating group) is 1.